The molecule has 1 aromatic rings. The van der Waals surface area contributed by atoms with Gasteiger partial charge in [-0.15, -0.1) is 0 Å². The summed E-state index contributed by atoms with van der Waals surface area (Å²) in [6, 6.07) is 3.34. The largest absolute Gasteiger partial charge is 0.449 e. The summed E-state index contributed by atoms with van der Waals surface area (Å²) in [7, 11) is 0. The summed E-state index contributed by atoms with van der Waals surface area (Å²) < 4.78 is 3.39. The minimum Gasteiger partial charge on any atom is -0.449 e. The van der Waals surface area contributed by atoms with Crippen molar-refractivity contribution in [3.63, 3.8) is 0 Å². The van der Waals surface area contributed by atoms with Crippen LogP contribution in [0.15, 0.2) is 22.8 Å². The van der Waals surface area contributed by atoms with Crippen LogP contribution in [-0.4, -0.2) is 15.9 Å². The Bertz CT molecular complexity index is 393. The molecule has 0 aliphatic heterocycles. The Morgan fingerprint density at radius 2 is 1.94 bits per heavy atom. The molecule has 4 nitrogen and oxygen atoms in total. The highest BCUT2D eigenvalue weighted by atomic mass is 35.6. The molecular formula is C11H15Cl3N2O2. The molecule has 1 rings (SSSR count). The fourth-order valence-electron chi connectivity index (χ4n) is 1.05. The van der Waals surface area contributed by atoms with Gasteiger partial charge in [0.15, 0.2) is 5.88 Å². The van der Waals surface area contributed by atoms with E-state index in [0.717, 1.165) is 0 Å². The van der Waals surface area contributed by atoms with Gasteiger partial charge in [0.25, 0.3) is 0 Å². The van der Waals surface area contributed by atoms with E-state index in [0.29, 0.717) is 5.88 Å². The van der Waals surface area contributed by atoms with Crippen LogP contribution in [0.3, 0.4) is 0 Å². The van der Waals surface area contributed by atoms with Crippen molar-refractivity contribution in [1.29, 1.82) is 0 Å². The van der Waals surface area contributed by atoms with Crippen molar-refractivity contribution >= 4 is 46.6 Å². The van der Waals surface area contributed by atoms with E-state index in [4.69, 9.17) is 39.2 Å². The summed E-state index contributed by atoms with van der Waals surface area (Å²) in [4.78, 5) is 11.9. The van der Waals surface area contributed by atoms with Crippen LogP contribution in [-0.2, 0) is 4.79 Å². The smallest absolute Gasteiger partial charge is 0.228 e. The zero-order chi connectivity index (χ0) is 14.0. The summed E-state index contributed by atoms with van der Waals surface area (Å²) in [5, 5.41) is 5.44. The average Bonchev–Trinajstić information content (AvgIpc) is 2.66. The van der Waals surface area contributed by atoms with Gasteiger partial charge < -0.3 is 15.1 Å². The zero-order valence-corrected chi connectivity index (χ0v) is 12.5. The molecule has 0 bridgehead atoms. The maximum atomic E-state index is 11.9. The van der Waals surface area contributed by atoms with Gasteiger partial charge in [-0.05, 0) is 6.07 Å². The summed E-state index contributed by atoms with van der Waals surface area (Å²) in [5.74, 6) is 0.165. The molecule has 1 heterocycles. The molecule has 1 aromatic heterocycles. The lowest BCUT2D eigenvalue weighted by Crippen LogP contribution is -2.52. The number of carbonyl (C=O) groups is 1. The molecule has 0 fully saturated rings. The molecule has 0 aliphatic carbocycles. The summed E-state index contributed by atoms with van der Waals surface area (Å²) in [6.45, 7) is 5.31. The number of hydrogen-bond donors (Lipinski definition) is 2. The number of nitrogens with one attached hydrogen (secondary N) is 2. The fourth-order valence-corrected chi connectivity index (χ4v) is 1.38. The first-order chi connectivity index (χ1) is 8.10. The molecule has 0 aliphatic rings. The predicted molar refractivity (Wildman–Crippen MR) is 74.0 cm³/mol. The molecule has 0 aromatic carbocycles. The Kier molecular flexibility index (Phi) is 4.81. The summed E-state index contributed by atoms with van der Waals surface area (Å²) in [5.41, 5.74) is -0.584. The second kappa shape index (κ2) is 5.59. The summed E-state index contributed by atoms with van der Waals surface area (Å²) >= 11 is 17.5. The number of furan rings is 1. The van der Waals surface area contributed by atoms with Crippen LogP contribution in [0.25, 0.3) is 0 Å². The molecule has 2 N–H and O–H groups in total. The van der Waals surface area contributed by atoms with Crippen LogP contribution in [0.5, 0.6) is 0 Å². The lowest BCUT2D eigenvalue weighted by molar-refractivity contribution is -0.129. The van der Waals surface area contributed by atoms with Gasteiger partial charge in [0, 0.05) is 11.5 Å². The van der Waals surface area contributed by atoms with Gasteiger partial charge in [-0.25, -0.2) is 0 Å². The van der Waals surface area contributed by atoms with E-state index in [2.05, 4.69) is 10.6 Å². The standard InChI is InChI=1S/C11H15Cl3N2O2/c1-10(2,3)9(17)16-8(11(12,13)14)15-7-5-4-6-18-7/h4-6,8,15H,1-3H3,(H,16,17). The lowest BCUT2D eigenvalue weighted by Gasteiger charge is -2.29. The Morgan fingerprint density at radius 1 is 1.33 bits per heavy atom. The number of rotatable bonds is 3. The van der Waals surface area contributed by atoms with Crippen LogP contribution < -0.4 is 10.6 Å². The Hall–Kier alpha value is -0.580. The fraction of sp³-hybridized carbons (Fsp3) is 0.545. The molecule has 1 unspecified atom stereocenters. The minimum atomic E-state index is -1.70. The Morgan fingerprint density at radius 3 is 2.33 bits per heavy atom. The van der Waals surface area contributed by atoms with E-state index >= 15 is 0 Å². The number of carbonyl (C=O) groups excluding carboxylic acids is 1. The molecule has 102 valence electrons. The topological polar surface area (TPSA) is 54.3 Å². The van der Waals surface area contributed by atoms with E-state index in [1.165, 1.54) is 6.26 Å². The third-order valence-corrected chi connectivity index (χ3v) is 2.75. The Balaban J connectivity index is 2.78. The molecular weight excluding hydrogens is 298 g/mol. The van der Waals surface area contributed by atoms with Gasteiger partial charge >= 0.3 is 0 Å². The van der Waals surface area contributed by atoms with E-state index in [1.54, 1.807) is 32.9 Å². The van der Waals surface area contributed by atoms with Gasteiger partial charge in [-0.1, -0.05) is 55.6 Å². The number of amides is 1. The normalized spacial score (nSPS) is 14.1. The van der Waals surface area contributed by atoms with Crippen molar-refractivity contribution in [1.82, 2.24) is 5.32 Å². The van der Waals surface area contributed by atoms with E-state index in [1.807, 2.05) is 0 Å². The van der Waals surface area contributed by atoms with Gasteiger partial charge in [-0.3, -0.25) is 4.79 Å². The van der Waals surface area contributed by atoms with E-state index in [-0.39, 0.29) is 5.91 Å². The number of alkyl halides is 3. The van der Waals surface area contributed by atoms with Crippen molar-refractivity contribution in [2.24, 2.45) is 5.41 Å². The maximum Gasteiger partial charge on any atom is 0.228 e. The molecule has 1 amide bonds. The predicted octanol–water partition coefficient (Wildman–Crippen LogP) is 3.55. The number of hydrogen-bond acceptors (Lipinski definition) is 3. The zero-order valence-electron chi connectivity index (χ0n) is 10.3. The first kappa shape index (κ1) is 15.5. The SMILES string of the molecule is CC(C)(C)C(=O)NC(Nc1ccco1)C(Cl)(Cl)Cl. The highest BCUT2D eigenvalue weighted by Gasteiger charge is 2.36. The minimum absolute atomic E-state index is 0.238. The van der Waals surface area contributed by atoms with E-state index < -0.39 is 15.4 Å². The van der Waals surface area contributed by atoms with Gasteiger partial charge in [-0.2, -0.15) is 0 Å². The van der Waals surface area contributed by atoms with Crippen LogP contribution in [0, 0.1) is 5.41 Å². The first-order valence-electron chi connectivity index (χ1n) is 5.28. The molecule has 0 spiro atoms. The quantitative estimate of drug-likeness (QED) is 0.663. The van der Waals surface area contributed by atoms with Crippen molar-refractivity contribution in [2.45, 2.75) is 30.7 Å². The van der Waals surface area contributed by atoms with Crippen molar-refractivity contribution < 1.29 is 9.21 Å². The molecule has 7 heteroatoms. The van der Waals surface area contributed by atoms with Crippen molar-refractivity contribution in [3.05, 3.63) is 18.4 Å². The molecule has 1 atom stereocenters. The highest BCUT2D eigenvalue weighted by molar-refractivity contribution is 6.68. The number of halogens is 3. The second-order valence-corrected chi connectivity index (χ2v) is 7.19. The third-order valence-electron chi connectivity index (χ3n) is 2.09. The molecule has 18 heavy (non-hydrogen) atoms. The van der Waals surface area contributed by atoms with Crippen LogP contribution in [0.1, 0.15) is 20.8 Å². The average molecular weight is 314 g/mol. The van der Waals surface area contributed by atoms with Crippen LogP contribution in [0.2, 0.25) is 0 Å². The van der Waals surface area contributed by atoms with E-state index in [9.17, 15) is 4.79 Å². The maximum absolute atomic E-state index is 11.9. The molecule has 0 saturated carbocycles. The van der Waals surface area contributed by atoms with Crippen LogP contribution in [0.4, 0.5) is 5.88 Å². The molecule has 0 radical (unpaired) electrons. The van der Waals surface area contributed by atoms with Crippen LogP contribution >= 0.6 is 34.8 Å². The highest BCUT2D eigenvalue weighted by Crippen LogP contribution is 2.31. The summed E-state index contributed by atoms with van der Waals surface area (Å²) in [6.07, 6.45) is 0.587. The van der Waals surface area contributed by atoms with Gasteiger partial charge in [0.05, 0.1) is 6.26 Å². The first-order valence-corrected chi connectivity index (χ1v) is 6.42. The lowest BCUT2D eigenvalue weighted by atomic mass is 9.95. The molecule has 0 saturated heterocycles. The van der Waals surface area contributed by atoms with Gasteiger partial charge in [0.2, 0.25) is 9.70 Å². The van der Waals surface area contributed by atoms with Crippen molar-refractivity contribution in [2.75, 3.05) is 5.32 Å². The monoisotopic (exact) mass is 312 g/mol. The third kappa shape index (κ3) is 4.59. The van der Waals surface area contributed by atoms with Gasteiger partial charge in [0.1, 0.15) is 6.17 Å². The Labute approximate surface area is 121 Å². The second-order valence-electron chi connectivity index (χ2n) is 4.82. The number of anilines is 1. The van der Waals surface area contributed by atoms with Crippen molar-refractivity contribution in [3.8, 4) is 0 Å².